The van der Waals surface area contributed by atoms with Crippen molar-refractivity contribution in [1.29, 1.82) is 0 Å². The van der Waals surface area contributed by atoms with Gasteiger partial charge in [0.15, 0.2) is 0 Å². The Bertz CT molecular complexity index is 358. The summed E-state index contributed by atoms with van der Waals surface area (Å²) in [7, 11) is 2.06. The summed E-state index contributed by atoms with van der Waals surface area (Å²) in [4.78, 5) is 9.36. The first kappa shape index (κ1) is 14.3. The highest BCUT2D eigenvalue weighted by Crippen LogP contribution is 2.13. The molecule has 0 saturated carbocycles. The molecule has 1 atom stereocenters. The predicted octanol–water partition coefficient (Wildman–Crippen LogP) is 1.45. The van der Waals surface area contributed by atoms with Gasteiger partial charge in [-0.05, 0) is 25.1 Å². The molecular formula is C15H26N4. The van der Waals surface area contributed by atoms with Gasteiger partial charge in [-0.25, -0.2) is 4.98 Å². The molecule has 0 bridgehead atoms. The van der Waals surface area contributed by atoms with Crippen LogP contribution in [0.15, 0.2) is 24.4 Å². The smallest absolute Gasteiger partial charge is 0.128 e. The maximum Gasteiger partial charge on any atom is 0.128 e. The molecule has 4 heteroatoms. The average Bonchev–Trinajstić information content (AvgIpc) is 2.46. The molecule has 1 aromatic rings. The Morgan fingerprint density at radius 1 is 1.21 bits per heavy atom. The molecule has 0 radical (unpaired) electrons. The van der Waals surface area contributed by atoms with Crippen LogP contribution < -0.4 is 10.2 Å². The monoisotopic (exact) mass is 262 g/mol. The second kappa shape index (κ2) is 6.87. The number of anilines is 1. The van der Waals surface area contributed by atoms with E-state index < -0.39 is 0 Å². The van der Waals surface area contributed by atoms with E-state index in [1.54, 1.807) is 0 Å². The minimum absolute atomic E-state index is 0.585. The van der Waals surface area contributed by atoms with Gasteiger partial charge in [-0.3, -0.25) is 4.90 Å². The Labute approximate surface area is 116 Å². The SMILES string of the molecule is CNC(CN1CCN(c2ccccn2)CC1)C(C)C. The van der Waals surface area contributed by atoms with Crippen LogP contribution in [-0.2, 0) is 0 Å². The molecule has 0 amide bonds. The molecular weight excluding hydrogens is 236 g/mol. The van der Waals surface area contributed by atoms with Crippen molar-refractivity contribution < 1.29 is 0 Å². The van der Waals surface area contributed by atoms with Crippen molar-refractivity contribution in [1.82, 2.24) is 15.2 Å². The summed E-state index contributed by atoms with van der Waals surface area (Å²) >= 11 is 0. The molecule has 106 valence electrons. The lowest BCUT2D eigenvalue weighted by atomic mass is 10.0. The molecule has 4 nitrogen and oxygen atoms in total. The van der Waals surface area contributed by atoms with E-state index in [-0.39, 0.29) is 0 Å². The molecule has 1 aliphatic heterocycles. The summed E-state index contributed by atoms with van der Waals surface area (Å²) < 4.78 is 0. The van der Waals surface area contributed by atoms with E-state index in [0.717, 1.165) is 38.5 Å². The van der Waals surface area contributed by atoms with Crippen molar-refractivity contribution in [3.63, 3.8) is 0 Å². The largest absolute Gasteiger partial charge is 0.354 e. The minimum atomic E-state index is 0.585. The van der Waals surface area contributed by atoms with Gasteiger partial charge in [0.25, 0.3) is 0 Å². The van der Waals surface area contributed by atoms with E-state index in [1.165, 1.54) is 0 Å². The van der Waals surface area contributed by atoms with Crippen molar-refractivity contribution in [3.05, 3.63) is 24.4 Å². The van der Waals surface area contributed by atoms with Crippen LogP contribution in [-0.4, -0.2) is 55.7 Å². The number of likely N-dealkylation sites (N-methyl/N-ethyl adjacent to an activating group) is 1. The molecule has 2 rings (SSSR count). The second-order valence-electron chi connectivity index (χ2n) is 5.61. The first-order valence-corrected chi connectivity index (χ1v) is 7.26. The maximum absolute atomic E-state index is 4.43. The maximum atomic E-state index is 4.43. The van der Waals surface area contributed by atoms with Crippen LogP contribution in [0.3, 0.4) is 0 Å². The first-order chi connectivity index (χ1) is 9.20. The van der Waals surface area contributed by atoms with Crippen LogP contribution in [0.25, 0.3) is 0 Å². The molecule has 0 spiro atoms. The number of nitrogens with zero attached hydrogens (tertiary/aromatic N) is 3. The average molecular weight is 262 g/mol. The van der Waals surface area contributed by atoms with Crippen molar-refractivity contribution in [2.75, 3.05) is 44.7 Å². The van der Waals surface area contributed by atoms with Crippen LogP contribution in [0.5, 0.6) is 0 Å². The molecule has 1 N–H and O–H groups in total. The topological polar surface area (TPSA) is 31.4 Å². The van der Waals surface area contributed by atoms with E-state index in [0.29, 0.717) is 12.0 Å². The lowest BCUT2D eigenvalue weighted by molar-refractivity contribution is 0.212. The van der Waals surface area contributed by atoms with Crippen LogP contribution in [0, 0.1) is 5.92 Å². The Balaban J connectivity index is 1.82. The van der Waals surface area contributed by atoms with Crippen molar-refractivity contribution in [2.24, 2.45) is 5.92 Å². The quantitative estimate of drug-likeness (QED) is 0.870. The van der Waals surface area contributed by atoms with Gasteiger partial charge in [0.2, 0.25) is 0 Å². The molecule has 1 aliphatic rings. The van der Waals surface area contributed by atoms with E-state index in [4.69, 9.17) is 0 Å². The third-order valence-electron chi connectivity index (χ3n) is 3.98. The van der Waals surface area contributed by atoms with Gasteiger partial charge < -0.3 is 10.2 Å². The number of piperazine rings is 1. The van der Waals surface area contributed by atoms with Gasteiger partial charge in [-0.2, -0.15) is 0 Å². The van der Waals surface area contributed by atoms with Gasteiger partial charge in [0.05, 0.1) is 0 Å². The molecule has 2 heterocycles. The zero-order chi connectivity index (χ0) is 13.7. The van der Waals surface area contributed by atoms with Crippen molar-refractivity contribution in [3.8, 4) is 0 Å². The molecule has 1 unspecified atom stereocenters. The summed E-state index contributed by atoms with van der Waals surface area (Å²) in [6.07, 6.45) is 1.87. The summed E-state index contributed by atoms with van der Waals surface area (Å²) in [5.74, 6) is 1.79. The highest BCUT2D eigenvalue weighted by atomic mass is 15.3. The lowest BCUT2D eigenvalue weighted by Gasteiger charge is -2.37. The van der Waals surface area contributed by atoms with Crippen molar-refractivity contribution >= 4 is 5.82 Å². The number of hydrogen-bond donors (Lipinski definition) is 1. The zero-order valence-electron chi connectivity index (χ0n) is 12.3. The van der Waals surface area contributed by atoms with Gasteiger partial charge in [0.1, 0.15) is 5.82 Å². The number of hydrogen-bond acceptors (Lipinski definition) is 4. The number of pyridine rings is 1. The Morgan fingerprint density at radius 3 is 2.47 bits per heavy atom. The Kier molecular flexibility index (Phi) is 5.16. The minimum Gasteiger partial charge on any atom is -0.354 e. The van der Waals surface area contributed by atoms with Crippen LogP contribution in [0.4, 0.5) is 5.82 Å². The van der Waals surface area contributed by atoms with Gasteiger partial charge in [-0.1, -0.05) is 19.9 Å². The van der Waals surface area contributed by atoms with E-state index in [1.807, 2.05) is 12.3 Å². The van der Waals surface area contributed by atoms with E-state index in [9.17, 15) is 0 Å². The first-order valence-electron chi connectivity index (χ1n) is 7.26. The highest BCUT2D eigenvalue weighted by Gasteiger charge is 2.21. The Hall–Kier alpha value is -1.13. The fraction of sp³-hybridized carbons (Fsp3) is 0.667. The van der Waals surface area contributed by atoms with Crippen LogP contribution >= 0.6 is 0 Å². The molecule has 1 aromatic heterocycles. The second-order valence-corrected chi connectivity index (χ2v) is 5.61. The van der Waals surface area contributed by atoms with Crippen LogP contribution in [0.1, 0.15) is 13.8 Å². The standard InChI is InChI=1S/C15H26N4/c1-13(2)14(16-3)12-18-8-10-19(11-9-18)15-6-4-5-7-17-15/h4-7,13-14,16H,8-12H2,1-3H3. The lowest BCUT2D eigenvalue weighted by Crippen LogP contribution is -2.51. The van der Waals surface area contributed by atoms with Gasteiger partial charge in [-0.15, -0.1) is 0 Å². The van der Waals surface area contributed by atoms with Crippen LogP contribution in [0.2, 0.25) is 0 Å². The molecule has 0 aromatic carbocycles. The fourth-order valence-electron chi connectivity index (χ4n) is 2.61. The third-order valence-corrected chi connectivity index (χ3v) is 3.98. The van der Waals surface area contributed by atoms with Gasteiger partial charge in [0, 0.05) is 45.0 Å². The molecule has 19 heavy (non-hydrogen) atoms. The molecule has 1 saturated heterocycles. The fourth-order valence-corrected chi connectivity index (χ4v) is 2.61. The summed E-state index contributed by atoms with van der Waals surface area (Å²) in [5, 5.41) is 3.42. The van der Waals surface area contributed by atoms with Crippen molar-refractivity contribution in [2.45, 2.75) is 19.9 Å². The van der Waals surface area contributed by atoms with E-state index >= 15 is 0 Å². The predicted molar refractivity (Wildman–Crippen MR) is 80.6 cm³/mol. The number of nitrogens with one attached hydrogen (secondary N) is 1. The summed E-state index contributed by atoms with van der Waals surface area (Å²) in [6.45, 7) is 10.1. The molecule has 0 aliphatic carbocycles. The zero-order valence-corrected chi connectivity index (χ0v) is 12.3. The van der Waals surface area contributed by atoms with E-state index in [2.05, 4.69) is 53.1 Å². The summed E-state index contributed by atoms with van der Waals surface area (Å²) in [6, 6.07) is 6.71. The molecule has 1 fully saturated rings. The number of aromatic nitrogens is 1. The summed E-state index contributed by atoms with van der Waals surface area (Å²) in [5.41, 5.74) is 0. The number of rotatable bonds is 5. The highest BCUT2D eigenvalue weighted by molar-refractivity contribution is 5.38. The Morgan fingerprint density at radius 2 is 1.95 bits per heavy atom. The third kappa shape index (κ3) is 3.91. The normalized spacial score (nSPS) is 18.8. The van der Waals surface area contributed by atoms with Gasteiger partial charge >= 0.3 is 0 Å².